The van der Waals surface area contributed by atoms with E-state index in [1.807, 2.05) is 0 Å². The van der Waals surface area contributed by atoms with Gasteiger partial charge in [0.2, 0.25) is 5.96 Å². The van der Waals surface area contributed by atoms with E-state index in [-0.39, 0.29) is 11.5 Å². The van der Waals surface area contributed by atoms with Crippen molar-refractivity contribution in [2.24, 2.45) is 21.7 Å². The molecular weight excluding hydrogens is 240 g/mol. The first-order valence-corrected chi connectivity index (χ1v) is 4.29. The average Bonchev–Trinajstić information content (AvgIpc) is 2.18. The fourth-order valence-corrected chi connectivity index (χ4v) is 1.00. The lowest BCUT2D eigenvalue weighted by Gasteiger charge is -2.07. The van der Waals surface area contributed by atoms with Gasteiger partial charge in [-0.2, -0.15) is 18.3 Å². The Bertz CT molecular complexity index is 461. The Morgan fingerprint density at radius 2 is 1.88 bits per heavy atom. The van der Waals surface area contributed by atoms with Crippen LogP contribution in [0.4, 0.5) is 17.6 Å². The number of guanidine groups is 1. The monoisotopic (exact) mass is 248 g/mol. The Balaban J connectivity index is 3.06. The Hall–Kier alpha value is -2.12. The summed E-state index contributed by atoms with van der Waals surface area (Å²) in [6, 6.07) is 2.43. The first-order valence-electron chi connectivity index (χ1n) is 4.29. The highest BCUT2D eigenvalue weighted by Gasteiger charge is 2.33. The molecule has 1 aromatic rings. The smallest absolute Gasteiger partial charge is 0.369 e. The summed E-state index contributed by atoms with van der Waals surface area (Å²) in [5.41, 5.74) is 8.57. The molecule has 17 heavy (non-hydrogen) atoms. The highest BCUT2D eigenvalue weighted by atomic mass is 19.4. The zero-order chi connectivity index (χ0) is 13.1. The van der Waals surface area contributed by atoms with Crippen molar-refractivity contribution in [2.75, 3.05) is 0 Å². The molecule has 0 unspecified atom stereocenters. The molecule has 0 amide bonds. The van der Waals surface area contributed by atoms with Crippen LogP contribution in [0, 0.1) is 5.82 Å². The highest BCUT2D eigenvalue weighted by molar-refractivity contribution is 5.81. The molecule has 0 fully saturated rings. The minimum Gasteiger partial charge on any atom is -0.369 e. The number of alkyl halides is 3. The first-order chi connectivity index (χ1) is 7.80. The van der Waals surface area contributed by atoms with Gasteiger partial charge in [0.1, 0.15) is 5.82 Å². The summed E-state index contributed by atoms with van der Waals surface area (Å²) in [6.45, 7) is 0. The molecule has 0 aliphatic rings. The summed E-state index contributed by atoms with van der Waals surface area (Å²) >= 11 is 0. The Labute approximate surface area is 93.6 Å². The zero-order valence-electron chi connectivity index (χ0n) is 8.37. The molecule has 4 N–H and O–H groups in total. The van der Waals surface area contributed by atoms with Crippen LogP contribution in [0.1, 0.15) is 11.1 Å². The van der Waals surface area contributed by atoms with E-state index in [9.17, 15) is 17.6 Å². The second-order valence-electron chi connectivity index (χ2n) is 3.01. The molecule has 0 bridgehead atoms. The van der Waals surface area contributed by atoms with Crippen LogP contribution in [0.3, 0.4) is 0 Å². The summed E-state index contributed by atoms with van der Waals surface area (Å²) in [5.74, 6) is -1.68. The van der Waals surface area contributed by atoms with Crippen molar-refractivity contribution in [1.29, 1.82) is 0 Å². The summed E-state index contributed by atoms with van der Waals surface area (Å²) in [4.78, 5) is 0. The van der Waals surface area contributed by atoms with Crippen molar-refractivity contribution in [2.45, 2.75) is 6.18 Å². The molecule has 0 spiro atoms. The molecule has 0 aliphatic carbocycles. The van der Waals surface area contributed by atoms with Gasteiger partial charge in [-0.15, -0.1) is 5.10 Å². The van der Waals surface area contributed by atoms with E-state index >= 15 is 0 Å². The molecule has 4 nitrogen and oxygen atoms in total. The molecule has 0 radical (unpaired) electrons. The summed E-state index contributed by atoms with van der Waals surface area (Å²) in [6.07, 6.45) is -3.78. The molecule has 0 atom stereocenters. The minimum atomic E-state index is -4.76. The van der Waals surface area contributed by atoms with Crippen LogP contribution in [-0.2, 0) is 6.18 Å². The third-order valence-electron chi connectivity index (χ3n) is 1.68. The normalized spacial score (nSPS) is 11.8. The van der Waals surface area contributed by atoms with Crippen LogP contribution >= 0.6 is 0 Å². The maximum Gasteiger partial charge on any atom is 0.419 e. The maximum atomic E-state index is 12.9. The molecular formula is C9H8F4N4. The van der Waals surface area contributed by atoms with Crippen molar-refractivity contribution >= 4 is 12.2 Å². The van der Waals surface area contributed by atoms with Crippen LogP contribution in [0.15, 0.2) is 28.4 Å². The van der Waals surface area contributed by atoms with Gasteiger partial charge < -0.3 is 11.5 Å². The van der Waals surface area contributed by atoms with Crippen LogP contribution in [-0.4, -0.2) is 12.2 Å². The van der Waals surface area contributed by atoms with Crippen molar-refractivity contribution in [1.82, 2.24) is 0 Å². The Morgan fingerprint density at radius 1 is 1.24 bits per heavy atom. The Kier molecular flexibility index (Phi) is 3.66. The fraction of sp³-hybridized carbons (Fsp3) is 0.111. The molecule has 0 heterocycles. The van der Waals surface area contributed by atoms with Gasteiger partial charge in [0.15, 0.2) is 0 Å². The lowest BCUT2D eigenvalue weighted by atomic mass is 10.1. The SMILES string of the molecule is NC(N)=NN=Cc1ccc(F)c(C(F)(F)F)c1. The lowest BCUT2D eigenvalue weighted by Crippen LogP contribution is -2.21. The first kappa shape index (κ1) is 12.9. The van der Waals surface area contributed by atoms with Crippen molar-refractivity contribution in [3.05, 3.63) is 35.1 Å². The van der Waals surface area contributed by atoms with E-state index in [4.69, 9.17) is 11.5 Å². The van der Waals surface area contributed by atoms with E-state index in [1.54, 1.807) is 0 Å². The third-order valence-corrected chi connectivity index (χ3v) is 1.68. The van der Waals surface area contributed by atoms with Crippen LogP contribution < -0.4 is 11.5 Å². The van der Waals surface area contributed by atoms with E-state index in [0.29, 0.717) is 12.1 Å². The van der Waals surface area contributed by atoms with E-state index in [1.165, 1.54) is 0 Å². The van der Waals surface area contributed by atoms with Crippen LogP contribution in [0.5, 0.6) is 0 Å². The number of nitrogens with zero attached hydrogens (tertiary/aromatic N) is 2. The number of nitrogens with two attached hydrogens (primary N) is 2. The van der Waals surface area contributed by atoms with Crippen molar-refractivity contribution in [3.8, 4) is 0 Å². The third kappa shape index (κ3) is 3.74. The summed E-state index contributed by atoms with van der Waals surface area (Å²) in [7, 11) is 0. The molecule has 1 aromatic carbocycles. The van der Waals surface area contributed by atoms with E-state index in [0.717, 1.165) is 12.3 Å². The number of hydrogen-bond acceptors (Lipinski definition) is 2. The largest absolute Gasteiger partial charge is 0.419 e. The molecule has 0 aliphatic heterocycles. The number of hydrogen-bond donors (Lipinski definition) is 2. The van der Waals surface area contributed by atoms with Gasteiger partial charge in [0.25, 0.3) is 0 Å². The van der Waals surface area contributed by atoms with Gasteiger partial charge in [-0.05, 0) is 17.7 Å². The average molecular weight is 248 g/mol. The van der Waals surface area contributed by atoms with E-state index < -0.39 is 17.6 Å². The number of benzene rings is 1. The number of halogens is 4. The quantitative estimate of drug-likeness (QED) is 0.359. The fourth-order valence-electron chi connectivity index (χ4n) is 1.00. The van der Waals surface area contributed by atoms with Crippen LogP contribution in [0.2, 0.25) is 0 Å². The zero-order valence-corrected chi connectivity index (χ0v) is 8.37. The molecule has 0 saturated carbocycles. The summed E-state index contributed by atoms with van der Waals surface area (Å²) < 4.78 is 49.9. The molecule has 8 heteroatoms. The van der Waals surface area contributed by atoms with Gasteiger partial charge in [-0.3, -0.25) is 0 Å². The standard InChI is InChI=1S/C9H8F4N4/c10-7-2-1-5(4-16-17-8(14)15)3-6(7)9(11,12)13/h1-4H,(H4,14,15,17). The lowest BCUT2D eigenvalue weighted by molar-refractivity contribution is -0.140. The minimum absolute atomic E-state index is 0.0312. The second-order valence-corrected chi connectivity index (χ2v) is 3.01. The Morgan fingerprint density at radius 3 is 2.41 bits per heavy atom. The van der Waals surface area contributed by atoms with Gasteiger partial charge in [0, 0.05) is 0 Å². The van der Waals surface area contributed by atoms with E-state index in [2.05, 4.69) is 10.2 Å². The van der Waals surface area contributed by atoms with Crippen molar-refractivity contribution < 1.29 is 17.6 Å². The van der Waals surface area contributed by atoms with Gasteiger partial charge in [-0.1, -0.05) is 6.07 Å². The van der Waals surface area contributed by atoms with Gasteiger partial charge in [0.05, 0.1) is 11.8 Å². The van der Waals surface area contributed by atoms with Gasteiger partial charge >= 0.3 is 6.18 Å². The molecule has 1 rings (SSSR count). The second kappa shape index (κ2) is 4.81. The van der Waals surface area contributed by atoms with Gasteiger partial charge in [-0.25, -0.2) is 4.39 Å². The molecule has 0 aromatic heterocycles. The topological polar surface area (TPSA) is 76.8 Å². The highest BCUT2D eigenvalue weighted by Crippen LogP contribution is 2.31. The molecule has 92 valence electrons. The maximum absolute atomic E-state index is 12.9. The molecule has 0 saturated heterocycles. The number of rotatable bonds is 2. The predicted octanol–water partition coefficient (Wildman–Crippen LogP) is 1.45. The van der Waals surface area contributed by atoms with Crippen molar-refractivity contribution in [3.63, 3.8) is 0 Å². The predicted molar refractivity (Wildman–Crippen MR) is 54.8 cm³/mol. The summed E-state index contributed by atoms with van der Waals surface area (Å²) in [5, 5.41) is 6.52. The van der Waals surface area contributed by atoms with Crippen LogP contribution in [0.25, 0.3) is 0 Å².